The fraction of sp³-hybridized carbons (Fsp3) is 0.130. The number of carbonyl (C=O) groups excluding carboxylic acids is 1. The molecule has 0 radical (unpaired) electrons. The summed E-state index contributed by atoms with van der Waals surface area (Å²) in [6.07, 6.45) is 1.95. The van der Waals surface area contributed by atoms with Gasteiger partial charge in [0, 0.05) is 11.3 Å². The van der Waals surface area contributed by atoms with Gasteiger partial charge in [-0.1, -0.05) is 48.5 Å². The Bertz CT molecular complexity index is 897. The van der Waals surface area contributed by atoms with Gasteiger partial charge in [-0.3, -0.25) is 10.1 Å². The second-order valence-electron chi connectivity index (χ2n) is 6.24. The molecule has 0 aromatic heterocycles. The largest absolute Gasteiger partial charge is 0.494 e. The molecule has 0 bridgehead atoms. The molecule has 0 fully saturated rings. The third-order valence-electron chi connectivity index (χ3n) is 4.10. The molecule has 3 aromatic rings. The zero-order valence-electron chi connectivity index (χ0n) is 15.4. The van der Waals surface area contributed by atoms with Gasteiger partial charge in [0.2, 0.25) is 0 Å². The lowest BCUT2D eigenvalue weighted by molar-refractivity contribution is 0.0977. The summed E-state index contributed by atoms with van der Waals surface area (Å²) in [7, 11) is 0. The van der Waals surface area contributed by atoms with E-state index in [2.05, 4.69) is 34.9 Å². The van der Waals surface area contributed by atoms with Crippen molar-refractivity contribution in [3.8, 4) is 5.75 Å². The van der Waals surface area contributed by atoms with E-state index in [-0.39, 0.29) is 11.0 Å². The highest BCUT2D eigenvalue weighted by molar-refractivity contribution is 7.80. The molecule has 142 valence electrons. The van der Waals surface area contributed by atoms with Gasteiger partial charge >= 0.3 is 0 Å². The first-order chi connectivity index (χ1) is 13.7. The van der Waals surface area contributed by atoms with Gasteiger partial charge in [0.15, 0.2) is 5.11 Å². The van der Waals surface area contributed by atoms with Gasteiger partial charge in [-0.05, 0) is 67.0 Å². The minimum Gasteiger partial charge on any atom is -0.494 e. The first-order valence-electron chi connectivity index (χ1n) is 9.15. The van der Waals surface area contributed by atoms with E-state index in [1.165, 1.54) is 5.56 Å². The normalized spacial score (nSPS) is 10.1. The quantitative estimate of drug-likeness (QED) is 0.448. The van der Waals surface area contributed by atoms with Gasteiger partial charge in [0.25, 0.3) is 5.91 Å². The van der Waals surface area contributed by atoms with Crippen molar-refractivity contribution in [3.63, 3.8) is 0 Å². The Labute approximate surface area is 170 Å². The highest BCUT2D eigenvalue weighted by Gasteiger charge is 2.07. The lowest BCUT2D eigenvalue weighted by Crippen LogP contribution is -2.34. The maximum Gasteiger partial charge on any atom is 0.257 e. The van der Waals surface area contributed by atoms with E-state index in [4.69, 9.17) is 17.0 Å². The van der Waals surface area contributed by atoms with Crippen molar-refractivity contribution in [3.05, 3.63) is 96.1 Å². The predicted molar refractivity (Wildman–Crippen MR) is 117 cm³/mol. The molecule has 5 heteroatoms. The summed E-state index contributed by atoms with van der Waals surface area (Å²) in [6, 6.07) is 26.8. The minimum atomic E-state index is -0.239. The van der Waals surface area contributed by atoms with Crippen LogP contribution in [0.1, 0.15) is 22.3 Å². The third kappa shape index (κ3) is 6.21. The maximum atomic E-state index is 12.1. The van der Waals surface area contributed by atoms with E-state index >= 15 is 0 Å². The van der Waals surface area contributed by atoms with Gasteiger partial charge < -0.3 is 10.1 Å². The molecule has 0 saturated carbocycles. The number of hydrogen-bond donors (Lipinski definition) is 2. The van der Waals surface area contributed by atoms with Crippen molar-refractivity contribution < 1.29 is 9.53 Å². The van der Waals surface area contributed by atoms with Crippen molar-refractivity contribution in [2.24, 2.45) is 0 Å². The number of aryl methyl sites for hydroxylation is 1. The van der Waals surface area contributed by atoms with Gasteiger partial charge in [-0.2, -0.15) is 0 Å². The van der Waals surface area contributed by atoms with Crippen LogP contribution in [-0.2, 0) is 6.42 Å². The van der Waals surface area contributed by atoms with E-state index in [1.54, 1.807) is 12.1 Å². The van der Waals surface area contributed by atoms with Crippen molar-refractivity contribution in [1.82, 2.24) is 5.32 Å². The number of thiocarbonyl (C=S) groups is 1. The average molecular weight is 391 g/mol. The van der Waals surface area contributed by atoms with E-state index in [0.29, 0.717) is 12.2 Å². The molecule has 0 unspecified atom stereocenters. The van der Waals surface area contributed by atoms with Crippen LogP contribution < -0.4 is 15.4 Å². The standard InChI is InChI=1S/C23H22N2O2S/c26-22(19-11-5-2-6-12-19)25-23(28)24-20-13-15-21(16-14-20)27-17-7-10-18-8-3-1-4-9-18/h1-6,8-9,11-16H,7,10,17H2,(H2,24,25,26,28). The molecular weight excluding hydrogens is 368 g/mol. The molecule has 4 nitrogen and oxygen atoms in total. The second kappa shape index (κ2) is 10.2. The summed E-state index contributed by atoms with van der Waals surface area (Å²) in [5.74, 6) is 0.564. The van der Waals surface area contributed by atoms with Crippen LogP contribution in [0.5, 0.6) is 5.75 Å². The van der Waals surface area contributed by atoms with E-state index in [9.17, 15) is 4.79 Å². The predicted octanol–water partition coefficient (Wildman–Crippen LogP) is 4.83. The molecule has 2 N–H and O–H groups in total. The van der Waals surface area contributed by atoms with Crippen LogP contribution >= 0.6 is 12.2 Å². The van der Waals surface area contributed by atoms with Gasteiger partial charge in [0.05, 0.1) is 6.61 Å². The number of nitrogens with one attached hydrogen (secondary N) is 2. The molecular formula is C23H22N2O2S. The maximum absolute atomic E-state index is 12.1. The number of benzene rings is 3. The van der Waals surface area contributed by atoms with Crippen molar-refractivity contribution >= 4 is 28.9 Å². The van der Waals surface area contributed by atoms with Crippen molar-refractivity contribution in [1.29, 1.82) is 0 Å². The fourth-order valence-corrected chi connectivity index (χ4v) is 2.88. The molecule has 0 spiro atoms. The molecule has 3 rings (SSSR count). The highest BCUT2D eigenvalue weighted by Crippen LogP contribution is 2.16. The van der Waals surface area contributed by atoms with E-state index in [0.717, 1.165) is 24.3 Å². The molecule has 28 heavy (non-hydrogen) atoms. The number of ether oxygens (including phenoxy) is 1. The van der Waals surface area contributed by atoms with Crippen LogP contribution in [0.15, 0.2) is 84.9 Å². The summed E-state index contributed by atoms with van der Waals surface area (Å²) < 4.78 is 5.78. The Hall–Kier alpha value is -3.18. The smallest absolute Gasteiger partial charge is 0.257 e. The monoisotopic (exact) mass is 390 g/mol. The van der Waals surface area contributed by atoms with Crippen LogP contribution in [0.25, 0.3) is 0 Å². The Morgan fingerprint density at radius 2 is 1.50 bits per heavy atom. The zero-order valence-corrected chi connectivity index (χ0v) is 16.2. The van der Waals surface area contributed by atoms with Crippen LogP contribution in [0.4, 0.5) is 5.69 Å². The van der Waals surface area contributed by atoms with Gasteiger partial charge in [0.1, 0.15) is 5.75 Å². The Kier molecular flexibility index (Phi) is 7.15. The molecule has 0 saturated heterocycles. The average Bonchev–Trinajstić information content (AvgIpc) is 2.73. The van der Waals surface area contributed by atoms with Crippen LogP contribution in [-0.4, -0.2) is 17.6 Å². The third-order valence-corrected chi connectivity index (χ3v) is 4.30. The first-order valence-corrected chi connectivity index (χ1v) is 9.56. The molecule has 3 aromatic carbocycles. The Balaban J connectivity index is 1.41. The number of anilines is 1. The summed E-state index contributed by atoms with van der Waals surface area (Å²) in [5, 5.41) is 5.92. The highest BCUT2D eigenvalue weighted by atomic mass is 32.1. The molecule has 1 amide bonds. The summed E-state index contributed by atoms with van der Waals surface area (Å²) >= 11 is 5.20. The summed E-state index contributed by atoms with van der Waals surface area (Å²) in [4.78, 5) is 12.1. The van der Waals surface area contributed by atoms with Crippen LogP contribution in [0.3, 0.4) is 0 Å². The number of carbonyl (C=O) groups is 1. The van der Waals surface area contributed by atoms with E-state index < -0.39 is 0 Å². The van der Waals surface area contributed by atoms with Crippen molar-refractivity contribution in [2.45, 2.75) is 12.8 Å². The number of rotatable bonds is 7. The first kappa shape index (κ1) is 19.6. The number of amides is 1. The topological polar surface area (TPSA) is 50.4 Å². The molecule has 0 aliphatic heterocycles. The Morgan fingerprint density at radius 1 is 0.857 bits per heavy atom. The number of hydrogen-bond acceptors (Lipinski definition) is 3. The SMILES string of the molecule is O=C(NC(=S)Nc1ccc(OCCCc2ccccc2)cc1)c1ccccc1. The van der Waals surface area contributed by atoms with Gasteiger partial charge in [-0.15, -0.1) is 0 Å². The van der Waals surface area contributed by atoms with Crippen LogP contribution in [0, 0.1) is 0 Å². The zero-order chi connectivity index (χ0) is 19.6. The Morgan fingerprint density at radius 3 is 2.18 bits per heavy atom. The second-order valence-corrected chi connectivity index (χ2v) is 6.64. The minimum absolute atomic E-state index is 0.239. The summed E-state index contributed by atoms with van der Waals surface area (Å²) in [6.45, 7) is 0.660. The fourth-order valence-electron chi connectivity index (χ4n) is 2.67. The van der Waals surface area contributed by atoms with Gasteiger partial charge in [-0.25, -0.2) is 0 Å². The molecule has 0 heterocycles. The molecule has 0 aliphatic carbocycles. The van der Waals surface area contributed by atoms with Crippen molar-refractivity contribution in [2.75, 3.05) is 11.9 Å². The summed E-state index contributed by atoms with van der Waals surface area (Å²) in [5.41, 5.74) is 2.66. The lowest BCUT2D eigenvalue weighted by atomic mass is 10.1. The molecule has 0 aliphatic rings. The van der Waals surface area contributed by atoms with Crippen LogP contribution in [0.2, 0.25) is 0 Å². The lowest BCUT2D eigenvalue weighted by Gasteiger charge is -2.11. The molecule has 0 atom stereocenters. The van der Waals surface area contributed by atoms with E-state index in [1.807, 2.05) is 48.5 Å².